The van der Waals surface area contributed by atoms with Crippen molar-refractivity contribution in [1.82, 2.24) is 0 Å². The molecule has 98 valence electrons. The van der Waals surface area contributed by atoms with E-state index in [4.69, 9.17) is 5.11 Å². The quantitative estimate of drug-likeness (QED) is 0.673. The second-order valence-electron chi connectivity index (χ2n) is 4.64. The topological polar surface area (TPSA) is 74.6 Å². The van der Waals surface area contributed by atoms with E-state index in [1.807, 2.05) is 6.92 Å². The van der Waals surface area contributed by atoms with Crippen LogP contribution in [0.5, 0.6) is 0 Å². The third-order valence-electron chi connectivity index (χ3n) is 2.81. The largest absolute Gasteiger partial charge is 0.478 e. The molecule has 0 aliphatic heterocycles. The van der Waals surface area contributed by atoms with Gasteiger partial charge in [-0.2, -0.15) is 0 Å². The summed E-state index contributed by atoms with van der Waals surface area (Å²) in [5, 5.41) is 18.3. The molecule has 0 radical (unpaired) electrons. The Balaban J connectivity index is 5.36. The highest BCUT2D eigenvalue weighted by Gasteiger charge is 2.26. The van der Waals surface area contributed by atoms with Gasteiger partial charge < -0.3 is 10.2 Å². The zero-order valence-corrected chi connectivity index (χ0v) is 11.0. The normalized spacial score (nSPS) is 14.4. The number of unbranched alkanes of at least 4 members (excludes halogenated alkanes) is 1. The Bertz CT molecular complexity index is 315. The molecular weight excluding hydrogens is 220 g/mol. The van der Waals surface area contributed by atoms with Gasteiger partial charge in [0.15, 0.2) is 0 Å². The number of hydrogen-bond donors (Lipinski definition) is 2. The van der Waals surface area contributed by atoms with Crippen molar-refractivity contribution in [2.45, 2.75) is 47.0 Å². The predicted molar refractivity (Wildman–Crippen MR) is 65.8 cm³/mol. The monoisotopic (exact) mass is 242 g/mol. The number of carboxylic acid groups (broad SMARTS) is 2. The third kappa shape index (κ3) is 4.59. The van der Waals surface area contributed by atoms with Gasteiger partial charge in [-0.15, -0.1) is 0 Å². The molecule has 0 spiro atoms. The van der Waals surface area contributed by atoms with E-state index in [9.17, 15) is 14.7 Å². The Morgan fingerprint density at radius 3 is 1.76 bits per heavy atom. The van der Waals surface area contributed by atoms with Gasteiger partial charge in [-0.05, 0) is 18.3 Å². The van der Waals surface area contributed by atoms with Gasteiger partial charge in [-0.1, -0.05) is 40.5 Å². The Kier molecular flexibility index (Phi) is 6.54. The lowest BCUT2D eigenvalue weighted by molar-refractivity contribution is -0.136. The summed E-state index contributed by atoms with van der Waals surface area (Å²) in [6.07, 6.45) is 2.59. The Morgan fingerprint density at radius 1 is 1.00 bits per heavy atom. The van der Waals surface area contributed by atoms with Crippen LogP contribution in [0.1, 0.15) is 47.0 Å². The molecule has 0 heterocycles. The maximum atomic E-state index is 11.2. The third-order valence-corrected chi connectivity index (χ3v) is 2.81. The maximum absolute atomic E-state index is 11.2. The van der Waals surface area contributed by atoms with Crippen LogP contribution in [0.4, 0.5) is 0 Å². The van der Waals surface area contributed by atoms with Gasteiger partial charge in [0.05, 0.1) is 11.1 Å². The summed E-state index contributed by atoms with van der Waals surface area (Å²) in [7, 11) is 0. The van der Waals surface area contributed by atoms with Crippen molar-refractivity contribution in [3.8, 4) is 0 Å². The smallest absolute Gasteiger partial charge is 0.332 e. The average molecular weight is 242 g/mol. The van der Waals surface area contributed by atoms with Crippen molar-refractivity contribution in [2.75, 3.05) is 0 Å². The lowest BCUT2D eigenvalue weighted by Crippen LogP contribution is -2.20. The molecule has 0 aromatic heterocycles. The van der Waals surface area contributed by atoms with Crippen molar-refractivity contribution in [3.63, 3.8) is 0 Å². The number of aliphatic carboxylic acids is 2. The fourth-order valence-electron chi connectivity index (χ4n) is 1.92. The Morgan fingerprint density at radius 2 is 1.47 bits per heavy atom. The molecule has 0 fully saturated rings. The van der Waals surface area contributed by atoms with E-state index in [0.29, 0.717) is 6.42 Å². The predicted octanol–water partition coefficient (Wildman–Crippen LogP) is 2.93. The van der Waals surface area contributed by atoms with Gasteiger partial charge in [0.2, 0.25) is 0 Å². The SMILES string of the molecule is CCCCC(C)C(C(=O)O)=C(C(=O)O)C(C)C. The number of rotatable bonds is 7. The second-order valence-corrected chi connectivity index (χ2v) is 4.64. The minimum absolute atomic E-state index is 0.0288. The molecule has 0 aliphatic carbocycles. The summed E-state index contributed by atoms with van der Waals surface area (Å²) in [4.78, 5) is 22.4. The molecule has 17 heavy (non-hydrogen) atoms. The first-order valence-electron chi connectivity index (χ1n) is 6.03. The minimum atomic E-state index is -1.12. The Hall–Kier alpha value is -1.32. The molecule has 2 N–H and O–H groups in total. The number of carbonyl (C=O) groups is 2. The summed E-state index contributed by atoms with van der Waals surface area (Å²) in [5.41, 5.74) is 0.0852. The summed E-state index contributed by atoms with van der Waals surface area (Å²) < 4.78 is 0. The van der Waals surface area contributed by atoms with Crippen LogP contribution in [-0.4, -0.2) is 22.2 Å². The molecule has 4 nitrogen and oxygen atoms in total. The molecule has 0 bridgehead atoms. The van der Waals surface area contributed by atoms with Crippen LogP contribution < -0.4 is 0 Å². The summed E-state index contributed by atoms with van der Waals surface area (Å²) >= 11 is 0. The van der Waals surface area contributed by atoms with Crippen molar-refractivity contribution in [1.29, 1.82) is 0 Å². The minimum Gasteiger partial charge on any atom is -0.478 e. The molecule has 0 rings (SSSR count). The fourth-order valence-corrected chi connectivity index (χ4v) is 1.92. The van der Waals surface area contributed by atoms with Crippen molar-refractivity contribution in [2.24, 2.45) is 11.8 Å². The van der Waals surface area contributed by atoms with Gasteiger partial charge in [-0.3, -0.25) is 0 Å². The molecule has 0 aliphatic rings. The van der Waals surface area contributed by atoms with E-state index >= 15 is 0 Å². The molecule has 0 aromatic carbocycles. The summed E-state index contributed by atoms with van der Waals surface area (Å²) in [6.45, 7) is 7.22. The zero-order valence-electron chi connectivity index (χ0n) is 11.0. The van der Waals surface area contributed by atoms with Crippen LogP contribution >= 0.6 is 0 Å². The highest BCUT2D eigenvalue weighted by molar-refractivity contribution is 5.99. The van der Waals surface area contributed by atoms with Gasteiger partial charge in [-0.25, -0.2) is 9.59 Å². The first kappa shape index (κ1) is 15.7. The van der Waals surface area contributed by atoms with Crippen LogP contribution in [0.2, 0.25) is 0 Å². The van der Waals surface area contributed by atoms with E-state index < -0.39 is 11.9 Å². The van der Waals surface area contributed by atoms with E-state index in [2.05, 4.69) is 0 Å². The molecule has 0 amide bonds. The average Bonchev–Trinajstić information content (AvgIpc) is 2.20. The first-order valence-corrected chi connectivity index (χ1v) is 6.03. The second kappa shape index (κ2) is 7.09. The molecule has 0 saturated heterocycles. The van der Waals surface area contributed by atoms with Gasteiger partial charge in [0.1, 0.15) is 0 Å². The van der Waals surface area contributed by atoms with E-state index in [1.165, 1.54) is 0 Å². The maximum Gasteiger partial charge on any atom is 0.332 e. The molecule has 4 heteroatoms. The van der Waals surface area contributed by atoms with Crippen LogP contribution in [0.25, 0.3) is 0 Å². The number of carboxylic acids is 2. The number of hydrogen-bond acceptors (Lipinski definition) is 2. The molecular formula is C13H22O4. The van der Waals surface area contributed by atoms with Crippen molar-refractivity contribution >= 4 is 11.9 Å². The van der Waals surface area contributed by atoms with Crippen LogP contribution in [0.15, 0.2) is 11.1 Å². The standard InChI is InChI=1S/C13H22O4/c1-5-6-7-9(4)11(13(16)17)10(8(2)3)12(14)15/h8-9H,5-7H2,1-4H3,(H,14,15)(H,16,17). The molecule has 1 atom stereocenters. The lowest BCUT2D eigenvalue weighted by Gasteiger charge is -2.17. The summed E-state index contributed by atoms with van der Waals surface area (Å²) in [5.74, 6) is -2.75. The first-order chi connectivity index (χ1) is 7.82. The lowest BCUT2D eigenvalue weighted by atomic mass is 9.87. The van der Waals surface area contributed by atoms with Crippen molar-refractivity contribution in [3.05, 3.63) is 11.1 Å². The van der Waals surface area contributed by atoms with Crippen LogP contribution in [0.3, 0.4) is 0 Å². The molecule has 0 aromatic rings. The van der Waals surface area contributed by atoms with E-state index in [1.54, 1.807) is 20.8 Å². The van der Waals surface area contributed by atoms with E-state index in [-0.39, 0.29) is 23.0 Å². The van der Waals surface area contributed by atoms with Gasteiger partial charge in [0.25, 0.3) is 0 Å². The van der Waals surface area contributed by atoms with Gasteiger partial charge in [0, 0.05) is 0 Å². The highest BCUT2D eigenvalue weighted by Crippen LogP contribution is 2.25. The van der Waals surface area contributed by atoms with E-state index in [0.717, 1.165) is 12.8 Å². The summed E-state index contributed by atoms with van der Waals surface area (Å²) in [6, 6.07) is 0. The highest BCUT2D eigenvalue weighted by atomic mass is 16.4. The fraction of sp³-hybridized carbons (Fsp3) is 0.692. The Labute approximate surface area is 102 Å². The zero-order chi connectivity index (χ0) is 13.6. The molecule has 1 unspecified atom stereocenters. The molecule has 0 saturated carbocycles. The van der Waals surface area contributed by atoms with Crippen LogP contribution in [0, 0.1) is 11.8 Å². The van der Waals surface area contributed by atoms with Crippen LogP contribution in [-0.2, 0) is 9.59 Å². The van der Waals surface area contributed by atoms with Crippen molar-refractivity contribution < 1.29 is 19.8 Å². The van der Waals surface area contributed by atoms with Gasteiger partial charge >= 0.3 is 11.9 Å².